The van der Waals surface area contributed by atoms with E-state index in [4.69, 9.17) is 0 Å². The highest BCUT2D eigenvalue weighted by Gasteiger charge is 2.19. The summed E-state index contributed by atoms with van der Waals surface area (Å²) >= 11 is 1.25. The van der Waals surface area contributed by atoms with Gasteiger partial charge in [-0.3, -0.25) is 19.1 Å². The van der Waals surface area contributed by atoms with Gasteiger partial charge in [0.05, 0.1) is 10.3 Å². The second-order valence-corrected chi connectivity index (χ2v) is 8.70. The van der Waals surface area contributed by atoms with E-state index < -0.39 is 33.7 Å². The lowest BCUT2D eigenvalue weighted by atomic mass is 10.2. The predicted molar refractivity (Wildman–Crippen MR) is 98.0 cm³/mol. The third-order valence-corrected chi connectivity index (χ3v) is 6.03. The largest absolute Gasteiger partial charge is 0.329 e. The van der Waals surface area contributed by atoms with Crippen molar-refractivity contribution in [2.75, 3.05) is 0 Å². The van der Waals surface area contributed by atoms with Gasteiger partial charge in [-0.25, -0.2) is 17.9 Å². The molecule has 2 N–H and O–H groups in total. The highest BCUT2D eigenvalue weighted by molar-refractivity contribution is 7.90. The molecule has 0 radical (unpaired) electrons. The number of carbonyl (C=O) groups is 1. The Kier molecular flexibility index (Phi) is 4.55. The van der Waals surface area contributed by atoms with Crippen LogP contribution in [0.3, 0.4) is 0 Å². The number of H-pyrrole nitrogens is 1. The molecule has 3 rings (SSSR count). The number of aromatic amines is 1. The Morgan fingerprint density at radius 1 is 1.19 bits per heavy atom. The number of fused-ring (bicyclic) bond motifs is 1. The molecule has 3 aromatic rings. The number of aryl methyl sites for hydroxylation is 2. The Labute approximate surface area is 152 Å². The molecule has 0 saturated carbocycles. The van der Waals surface area contributed by atoms with Crippen LogP contribution < -0.4 is 16.0 Å². The van der Waals surface area contributed by atoms with Crippen molar-refractivity contribution >= 4 is 37.5 Å². The molecule has 26 heavy (non-hydrogen) atoms. The van der Waals surface area contributed by atoms with Crippen molar-refractivity contribution in [3.63, 3.8) is 0 Å². The first-order valence-corrected chi connectivity index (χ1v) is 9.83. The van der Waals surface area contributed by atoms with Gasteiger partial charge in [0.25, 0.3) is 21.5 Å². The van der Waals surface area contributed by atoms with E-state index in [1.807, 2.05) is 4.72 Å². The molecular formula is C16H15N3O5S2. The second-order valence-electron chi connectivity index (χ2n) is 5.76. The quantitative estimate of drug-likeness (QED) is 0.682. The minimum absolute atomic E-state index is 0.0818. The summed E-state index contributed by atoms with van der Waals surface area (Å²) in [6, 6.07) is 7.53. The average molecular weight is 393 g/mol. The standard InChI is InChI=1S/C16H15N3O5S2/c1-9-3-5-11(6-4-9)26(23,24)18-13(20)8-19-15(21)12-7-10(2)25-14(12)17-16(19)22/h3-7H,8H2,1-2H3,(H,17,22)(H,18,20). The van der Waals surface area contributed by atoms with Gasteiger partial charge in [0.2, 0.25) is 0 Å². The van der Waals surface area contributed by atoms with E-state index in [-0.39, 0.29) is 10.3 Å². The second kappa shape index (κ2) is 6.54. The van der Waals surface area contributed by atoms with Gasteiger partial charge in [0.15, 0.2) is 0 Å². The summed E-state index contributed by atoms with van der Waals surface area (Å²) < 4.78 is 27.0. The highest BCUT2D eigenvalue weighted by atomic mass is 32.2. The van der Waals surface area contributed by atoms with E-state index in [0.29, 0.717) is 9.40 Å². The van der Waals surface area contributed by atoms with Crippen LogP contribution in [-0.4, -0.2) is 23.9 Å². The molecule has 10 heteroatoms. The molecule has 2 aromatic heterocycles. The molecule has 0 unspecified atom stereocenters. The van der Waals surface area contributed by atoms with E-state index in [1.165, 1.54) is 23.5 Å². The molecule has 0 aliphatic carbocycles. The van der Waals surface area contributed by atoms with Crippen molar-refractivity contribution in [3.05, 3.63) is 61.6 Å². The minimum Gasteiger partial charge on any atom is -0.298 e. The van der Waals surface area contributed by atoms with Gasteiger partial charge in [-0.1, -0.05) is 17.7 Å². The summed E-state index contributed by atoms with van der Waals surface area (Å²) in [5, 5.41) is 0.279. The van der Waals surface area contributed by atoms with E-state index in [0.717, 1.165) is 10.4 Å². The maximum absolute atomic E-state index is 12.4. The Morgan fingerprint density at radius 2 is 1.85 bits per heavy atom. The van der Waals surface area contributed by atoms with Crippen LogP contribution in [0.2, 0.25) is 0 Å². The number of sulfonamides is 1. The molecule has 0 spiro atoms. The SMILES string of the molecule is Cc1ccc(S(=O)(=O)NC(=O)Cn2c(=O)[nH]c3sc(C)cc3c2=O)cc1. The van der Waals surface area contributed by atoms with Gasteiger partial charge >= 0.3 is 5.69 Å². The lowest BCUT2D eigenvalue weighted by molar-refractivity contribution is -0.120. The average Bonchev–Trinajstić information content (AvgIpc) is 2.92. The Balaban J connectivity index is 1.89. The van der Waals surface area contributed by atoms with Crippen LogP contribution in [0, 0.1) is 13.8 Å². The van der Waals surface area contributed by atoms with Crippen LogP contribution in [0.15, 0.2) is 44.8 Å². The summed E-state index contributed by atoms with van der Waals surface area (Å²) in [4.78, 5) is 40.3. The fourth-order valence-corrected chi connectivity index (χ4v) is 4.28. The molecule has 136 valence electrons. The number of hydrogen-bond donors (Lipinski definition) is 2. The molecule has 1 aromatic carbocycles. The Hall–Kier alpha value is -2.72. The lowest BCUT2D eigenvalue weighted by Gasteiger charge is -2.08. The van der Waals surface area contributed by atoms with E-state index in [2.05, 4.69) is 4.98 Å². The summed E-state index contributed by atoms with van der Waals surface area (Å²) in [5.41, 5.74) is -0.545. The number of nitrogens with one attached hydrogen (secondary N) is 2. The van der Waals surface area contributed by atoms with Gasteiger partial charge in [-0.05, 0) is 32.0 Å². The molecule has 0 bridgehead atoms. The maximum atomic E-state index is 12.4. The van der Waals surface area contributed by atoms with Crippen molar-refractivity contribution in [3.8, 4) is 0 Å². The molecule has 8 nitrogen and oxygen atoms in total. The first-order valence-electron chi connectivity index (χ1n) is 7.53. The molecule has 2 heterocycles. The summed E-state index contributed by atoms with van der Waals surface area (Å²) in [7, 11) is -4.09. The zero-order valence-electron chi connectivity index (χ0n) is 13.9. The zero-order chi connectivity index (χ0) is 19.1. The van der Waals surface area contributed by atoms with Gasteiger partial charge in [-0.15, -0.1) is 11.3 Å². The number of thiophene rings is 1. The molecule has 0 aliphatic rings. The van der Waals surface area contributed by atoms with Crippen molar-refractivity contribution < 1.29 is 13.2 Å². The number of amides is 1. The molecule has 0 saturated heterocycles. The molecule has 0 aliphatic heterocycles. The van der Waals surface area contributed by atoms with Gasteiger partial charge in [0, 0.05) is 4.88 Å². The number of carbonyl (C=O) groups excluding carboxylic acids is 1. The Bertz CT molecular complexity index is 1220. The van der Waals surface area contributed by atoms with Crippen LogP contribution in [0.25, 0.3) is 10.2 Å². The van der Waals surface area contributed by atoms with Gasteiger partial charge in [-0.2, -0.15) is 0 Å². The lowest BCUT2D eigenvalue weighted by Crippen LogP contribution is -2.41. The van der Waals surface area contributed by atoms with E-state index in [9.17, 15) is 22.8 Å². The summed E-state index contributed by atoms with van der Waals surface area (Å²) in [6.07, 6.45) is 0. The van der Waals surface area contributed by atoms with Crippen LogP contribution in [-0.2, 0) is 21.4 Å². The first-order chi connectivity index (χ1) is 12.2. The van der Waals surface area contributed by atoms with Crippen LogP contribution >= 0.6 is 11.3 Å². The minimum atomic E-state index is -4.09. The topological polar surface area (TPSA) is 118 Å². The van der Waals surface area contributed by atoms with Crippen molar-refractivity contribution in [2.45, 2.75) is 25.3 Å². The molecule has 1 amide bonds. The number of aromatic nitrogens is 2. The number of hydrogen-bond acceptors (Lipinski definition) is 6. The number of benzene rings is 1. The normalized spacial score (nSPS) is 11.6. The molecule has 0 atom stereocenters. The first kappa shape index (κ1) is 18.1. The van der Waals surface area contributed by atoms with Gasteiger partial charge < -0.3 is 0 Å². The van der Waals surface area contributed by atoms with E-state index >= 15 is 0 Å². The van der Waals surface area contributed by atoms with E-state index in [1.54, 1.807) is 32.0 Å². The van der Waals surface area contributed by atoms with Crippen molar-refractivity contribution in [1.82, 2.24) is 14.3 Å². The van der Waals surface area contributed by atoms with Crippen LogP contribution in [0.4, 0.5) is 0 Å². The Morgan fingerprint density at radius 3 is 2.50 bits per heavy atom. The summed E-state index contributed by atoms with van der Waals surface area (Å²) in [6.45, 7) is 2.88. The summed E-state index contributed by atoms with van der Waals surface area (Å²) in [5.74, 6) is -0.982. The highest BCUT2D eigenvalue weighted by Crippen LogP contribution is 2.18. The molecule has 0 fully saturated rings. The van der Waals surface area contributed by atoms with Crippen LogP contribution in [0.1, 0.15) is 10.4 Å². The smallest absolute Gasteiger partial charge is 0.298 e. The predicted octanol–water partition coefficient (Wildman–Crippen LogP) is 0.873. The zero-order valence-corrected chi connectivity index (χ0v) is 15.5. The van der Waals surface area contributed by atoms with Crippen LogP contribution in [0.5, 0.6) is 0 Å². The number of nitrogens with zero attached hydrogens (tertiary/aromatic N) is 1. The van der Waals surface area contributed by atoms with Crippen molar-refractivity contribution in [1.29, 1.82) is 0 Å². The maximum Gasteiger partial charge on any atom is 0.329 e. The fraction of sp³-hybridized carbons (Fsp3) is 0.188. The third kappa shape index (κ3) is 3.46. The van der Waals surface area contributed by atoms with Gasteiger partial charge in [0.1, 0.15) is 11.4 Å². The van der Waals surface area contributed by atoms with Crippen molar-refractivity contribution in [2.24, 2.45) is 0 Å². The third-order valence-electron chi connectivity index (χ3n) is 3.68. The number of rotatable bonds is 4. The monoisotopic (exact) mass is 393 g/mol. The molecular weight excluding hydrogens is 378 g/mol. The fourth-order valence-electron chi connectivity index (χ4n) is 2.41.